The molecule has 2 aromatic heterocycles. The van der Waals surface area contributed by atoms with Crippen LogP contribution in [0.2, 0.25) is 0 Å². The maximum Gasteiger partial charge on any atom is 0.407 e. The van der Waals surface area contributed by atoms with E-state index in [0.29, 0.717) is 23.6 Å². The molecule has 0 aliphatic carbocycles. The Labute approximate surface area is 198 Å². The maximum atomic E-state index is 12.1. The summed E-state index contributed by atoms with van der Waals surface area (Å²) in [5.41, 5.74) is 4.62. The highest BCUT2D eigenvalue weighted by molar-refractivity contribution is 5.86. The van der Waals surface area contributed by atoms with E-state index in [1.54, 1.807) is 0 Å². The molecule has 8 heteroatoms. The number of carbonyl (C=O) groups excluding carboxylic acids is 1. The Morgan fingerprint density at radius 3 is 2.85 bits per heavy atom. The summed E-state index contributed by atoms with van der Waals surface area (Å²) in [4.78, 5) is 18.9. The van der Waals surface area contributed by atoms with Gasteiger partial charge in [0.25, 0.3) is 0 Å². The molecule has 8 nitrogen and oxygen atoms in total. The molecule has 5 rings (SSSR count). The number of hydrogen-bond acceptors (Lipinski definition) is 6. The number of ether oxygens (including phenoxy) is 2. The fourth-order valence-electron chi connectivity index (χ4n) is 4.39. The van der Waals surface area contributed by atoms with Gasteiger partial charge in [-0.1, -0.05) is 6.07 Å². The zero-order valence-corrected chi connectivity index (χ0v) is 19.9. The lowest BCUT2D eigenvalue weighted by molar-refractivity contribution is 0.0318. The number of hydrogen-bond donors (Lipinski definition) is 2. The molecule has 3 aromatic rings. The fraction of sp³-hybridized carbons (Fsp3) is 0.385. The van der Waals surface area contributed by atoms with Crippen LogP contribution in [0.1, 0.15) is 44.0 Å². The van der Waals surface area contributed by atoms with E-state index >= 15 is 0 Å². The summed E-state index contributed by atoms with van der Waals surface area (Å²) >= 11 is 0. The van der Waals surface area contributed by atoms with Crippen LogP contribution in [0.25, 0.3) is 17.3 Å². The van der Waals surface area contributed by atoms with Gasteiger partial charge in [0.15, 0.2) is 0 Å². The maximum absolute atomic E-state index is 12.1. The molecular weight excluding hydrogens is 432 g/mol. The number of amides is 1. The average molecular weight is 463 g/mol. The van der Waals surface area contributed by atoms with Crippen LogP contribution in [-0.4, -0.2) is 51.6 Å². The van der Waals surface area contributed by atoms with Gasteiger partial charge >= 0.3 is 6.09 Å². The Hall–Kier alpha value is -3.52. The Morgan fingerprint density at radius 1 is 1.24 bits per heavy atom. The van der Waals surface area contributed by atoms with E-state index in [1.807, 2.05) is 80.9 Å². The van der Waals surface area contributed by atoms with Crippen molar-refractivity contribution in [1.82, 2.24) is 14.7 Å². The zero-order chi connectivity index (χ0) is 24.0. The van der Waals surface area contributed by atoms with Gasteiger partial charge in [0.2, 0.25) is 6.29 Å². The van der Waals surface area contributed by atoms with Crippen molar-refractivity contribution in [2.45, 2.75) is 52.0 Å². The number of anilines is 1. The van der Waals surface area contributed by atoms with Crippen molar-refractivity contribution in [1.29, 1.82) is 0 Å². The van der Waals surface area contributed by atoms with Crippen molar-refractivity contribution in [2.24, 2.45) is 0 Å². The summed E-state index contributed by atoms with van der Waals surface area (Å²) in [6, 6.07) is 9.95. The molecule has 178 valence electrons. The van der Waals surface area contributed by atoms with Crippen LogP contribution in [0.5, 0.6) is 5.75 Å². The minimum Gasteiger partial charge on any atom is -0.460 e. The summed E-state index contributed by atoms with van der Waals surface area (Å²) < 4.78 is 13.2. The molecule has 2 N–H and O–H groups in total. The van der Waals surface area contributed by atoms with Crippen molar-refractivity contribution in [3.63, 3.8) is 0 Å². The number of alkyl carbamates (subject to hydrolysis) is 1. The van der Waals surface area contributed by atoms with Crippen molar-refractivity contribution in [2.75, 3.05) is 18.0 Å². The van der Waals surface area contributed by atoms with Crippen molar-refractivity contribution >= 4 is 29.1 Å². The van der Waals surface area contributed by atoms with Crippen LogP contribution in [-0.2, 0) is 4.74 Å². The van der Waals surface area contributed by atoms with Crippen LogP contribution in [0.15, 0.2) is 42.7 Å². The third-order valence-electron chi connectivity index (χ3n) is 5.98. The Morgan fingerprint density at radius 2 is 2.06 bits per heavy atom. The van der Waals surface area contributed by atoms with Gasteiger partial charge in [-0.2, -0.15) is 0 Å². The Kier molecular flexibility index (Phi) is 5.48. The van der Waals surface area contributed by atoms with Gasteiger partial charge < -0.3 is 29.2 Å². The third-order valence-corrected chi connectivity index (χ3v) is 5.98. The SMILES string of the molecule is Cc1ccc2nc(C3=Cc4ccc(N5CCC(NC(=O)OC(C)(C)C)C5)cc4OC3O)cn2c1. The number of nitrogens with zero attached hydrogens (tertiary/aromatic N) is 3. The third kappa shape index (κ3) is 4.59. The number of fused-ring (bicyclic) bond motifs is 2. The van der Waals surface area contributed by atoms with Crippen LogP contribution in [0.4, 0.5) is 10.5 Å². The van der Waals surface area contributed by atoms with Gasteiger partial charge in [-0.05, 0) is 64.0 Å². The first-order chi connectivity index (χ1) is 16.1. The minimum absolute atomic E-state index is 0.0163. The van der Waals surface area contributed by atoms with Gasteiger partial charge in [-0.25, -0.2) is 9.78 Å². The molecule has 2 aliphatic rings. The molecule has 0 saturated carbocycles. The highest BCUT2D eigenvalue weighted by atomic mass is 16.6. The molecule has 4 heterocycles. The summed E-state index contributed by atoms with van der Waals surface area (Å²) in [5.74, 6) is 0.622. The molecule has 0 spiro atoms. The van der Waals surface area contributed by atoms with Crippen LogP contribution >= 0.6 is 0 Å². The van der Waals surface area contributed by atoms with Crippen LogP contribution in [0.3, 0.4) is 0 Å². The second-order valence-corrected chi connectivity index (χ2v) is 9.97. The normalized spacial score (nSPS) is 20.0. The second-order valence-electron chi connectivity index (χ2n) is 9.97. The number of carbonyl (C=O) groups is 1. The number of aliphatic hydroxyl groups is 1. The molecule has 1 saturated heterocycles. The Bertz CT molecular complexity index is 1270. The first-order valence-electron chi connectivity index (χ1n) is 11.6. The van der Waals surface area contributed by atoms with Crippen molar-refractivity contribution < 1.29 is 19.4 Å². The van der Waals surface area contributed by atoms with E-state index in [9.17, 15) is 9.90 Å². The molecule has 2 aliphatic heterocycles. The summed E-state index contributed by atoms with van der Waals surface area (Å²) in [6.07, 6.45) is 5.17. The standard InChI is InChI=1S/C26H30N4O4/c1-16-5-8-23-28-21(15-30(23)13-16)20-11-17-6-7-19(12-22(17)33-24(20)31)29-10-9-18(14-29)27-25(32)34-26(2,3)4/h5-8,11-13,15,18,24,31H,9-10,14H2,1-4H3,(H,27,32). The highest BCUT2D eigenvalue weighted by Crippen LogP contribution is 2.36. The van der Waals surface area contributed by atoms with Gasteiger partial charge in [-0.15, -0.1) is 0 Å². The first kappa shape index (κ1) is 22.3. The molecule has 1 amide bonds. The van der Waals surface area contributed by atoms with E-state index in [4.69, 9.17) is 9.47 Å². The second kappa shape index (κ2) is 8.36. The minimum atomic E-state index is -1.10. The van der Waals surface area contributed by atoms with Crippen LogP contribution < -0.4 is 15.0 Å². The molecule has 34 heavy (non-hydrogen) atoms. The smallest absolute Gasteiger partial charge is 0.407 e. The largest absolute Gasteiger partial charge is 0.460 e. The number of aliphatic hydroxyl groups excluding tert-OH is 1. The number of benzene rings is 1. The monoisotopic (exact) mass is 462 g/mol. The average Bonchev–Trinajstić information content (AvgIpc) is 3.38. The molecule has 1 aromatic carbocycles. The lowest BCUT2D eigenvalue weighted by Gasteiger charge is -2.25. The van der Waals surface area contributed by atoms with E-state index in [1.165, 1.54) is 0 Å². The first-order valence-corrected chi connectivity index (χ1v) is 11.6. The fourth-order valence-corrected chi connectivity index (χ4v) is 4.39. The van der Waals surface area contributed by atoms with Gasteiger partial charge in [0, 0.05) is 48.4 Å². The summed E-state index contributed by atoms with van der Waals surface area (Å²) in [5, 5.41) is 13.7. The lowest BCUT2D eigenvalue weighted by Crippen LogP contribution is -2.40. The quantitative estimate of drug-likeness (QED) is 0.612. The molecular formula is C26H30N4O4. The number of imidazole rings is 1. The van der Waals surface area contributed by atoms with Gasteiger partial charge in [-0.3, -0.25) is 0 Å². The Balaban J connectivity index is 1.31. The van der Waals surface area contributed by atoms with Gasteiger partial charge in [0.05, 0.1) is 11.7 Å². The molecule has 0 bridgehead atoms. The zero-order valence-electron chi connectivity index (χ0n) is 19.9. The van der Waals surface area contributed by atoms with Crippen molar-refractivity contribution in [3.05, 3.63) is 59.5 Å². The van der Waals surface area contributed by atoms with E-state index in [-0.39, 0.29) is 6.04 Å². The predicted molar refractivity (Wildman–Crippen MR) is 131 cm³/mol. The highest BCUT2D eigenvalue weighted by Gasteiger charge is 2.28. The number of aryl methyl sites for hydroxylation is 1. The van der Waals surface area contributed by atoms with Crippen LogP contribution in [0, 0.1) is 6.92 Å². The van der Waals surface area contributed by atoms with Crippen molar-refractivity contribution in [3.8, 4) is 5.75 Å². The summed E-state index contributed by atoms with van der Waals surface area (Å²) in [6.45, 7) is 9.08. The molecule has 0 radical (unpaired) electrons. The number of pyridine rings is 1. The predicted octanol–water partition coefficient (Wildman–Crippen LogP) is 4.00. The van der Waals surface area contributed by atoms with Gasteiger partial charge in [0.1, 0.15) is 17.0 Å². The number of aromatic nitrogens is 2. The number of nitrogens with one attached hydrogen (secondary N) is 1. The summed E-state index contributed by atoms with van der Waals surface area (Å²) in [7, 11) is 0. The molecule has 1 fully saturated rings. The topological polar surface area (TPSA) is 88.3 Å². The van der Waals surface area contributed by atoms with E-state index in [2.05, 4.69) is 15.2 Å². The number of rotatable bonds is 3. The van der Waals surface area contributed by atoms with E-state index in [0.717, 1.165) is 35.4 Å². The molecule has 2 unspecified atom stereocenters. The molecule has 2 atom stereocenters. The van der Waals surface area contributed by atoms with E-state index < -0.39 is 18.0 Å². The lowest BCUT2D eigenvalue weighted by atomic mass is 10.0.